The number of aryl methyl sites for hydroxylation is 3. The first-order valence-corrected chi connectivity index (χ1v) is 8.54. The van der Waals surface area contributed by atoms with Crippen molar-refractivity contribution in [1.82, 2.24) is 9.97 Å². The summed E-state index contributed by atoms with van der Waals surface area (Å²) in [7, 11) is 0. The molecule has 3 aromatic rings. The van der Waals surface area contributed by atoms with Crippen LogP contribution in [0.4, 0.5) is 17.3 Å². The van der Waals surface area contributed by atoms with E-state index < -0.39 is 0 Å². The van der Waals surface area contributed by atoms with Crippen LogP contribution >= 0.6 is 11.6 Å². The van der Waals surface area contributed by atoms with Crippen molar-refractivity contribution >= 4 is 34.8 Å². The topological polar surface area (TPSA) is 66.9 Å². The third kappa shape index (κ3) is 4.18. The summed E-state index contributed by atoms with van der Waals surface area (Å²) in [5.74, 6) is 0.121. The molecule has 0 aliphatic heterocycles. The van der Waals surface area contributed by atoms with Crippen LogP contribution in [-0.4, -0.2) is 15.9 Å². The van der Waals surface area contributed by atoms with E-state index in [1.54, 1.807) is 0 Å². The number of hydrogen-bond donors (Lipinski definition) is 2. The zero-order valence-electron chi connectivity index (χ0n) is 14.8. The molecular formula is C20H19ClN4O. The highest BCUT2D eigenvalue weighted by Gasteiger charge is 2.10. The largest absolute Gasteiger partial charge is 0.323 e. The number of halogens is 1. The van der Waals surface area contributed by atoms with Gasteiger partial charge >= 0.3 is 0 Å². The van der Waals surface area contributed by atoms with Crippen molar-refractivity contribution in [3.05, 3.63) is 76.1 Å². The van der Waals surface area contributed by atoms with Crippen LogP contribution in [0.1, 0.15) is 27.0 Å². The van der Waals surface area contributed by atoms with Gasteiger partial charge in [0.1, 0.15) is 0 Å². The van der Waals surface area contributed by atoms with Gasteiger partial charge in [-0.1, -0.05) is 35.4 Å². The minimum absolute atomic E-state index is 0.259. The van der Waals surface area contributed by atoms with E-state index in [4.69, 9.17) is 11.6 Å². The summed E-state index contributed by atoms with van der Waals surface area (Å²) < 4.78 is 0. The SMILES string of the molecule is Cc1ccc(NC(=O)c2cnc(Nc3c(C)cc(C)cc3Cl)nc2)cc1. The first-order valence-electron chi connectivity index (χ1n) is 8.16. The summed E-state index contributed by atoms with van der Waals surface area (Å²) >= 11 is 6.29. The summed E-state index contributed by atoms with van der Waals surface area (Å²) in [6.45, 7) is 5.94. The van der Waals surface area contributed by atoms with Gasteiger partial charge < -0.3 is 10.6 Å². The second-order valence-corrected chi connectivity index (χ2v) is 6.59. The number of nitrogens with one attached hydrogen (secondary N) is 2. The molecule has 2 N–H and O–H groups in total. The first kappa shape index (κ1) is 17.9. The van der Waals surface area contributed by atoms with Crippen LogP contribution in [0.3, 0.4) is 0 Å². The fourth-order valence-corrected chi connectivity index (χ4v) is 2.90. The summed E-state index contributed by atoms with van der Waals surface area (Å²) in [4.78, 5) is 20.7. The summed E-state index contributed by atoms with van der Waals surface area (Å²) in [6.07, 6.45) is 2.96. The van der Waals surface area contributed by atoms with E-state index in [2.05, 4.69) is 20.6 Å². The number of anilines is 3. The number of aromatic nitrogens is 2. The second kappa shape index (κ2) is 7.54. The highest BCUT2D eigenvalue weighted by atomic mass is 35.5. The molecule has 1 aromatic heterocycles. The van der Waals surface area contributed by atoms with Crippen molar-refractivity contribution in [1.29, 1.82) is 0 Å². The third-order valence-corrected chi connectivity index (χ3v) is 4.19. The van der Waals surface area contributed by atoms with Crippen LogP contribution in [0.2, 0.25) is 5.02 Å². The van der Waals surface area contributed by atoms with Crippen LogP contribution in [0, 0.1) is 20.8 Å². The van der Waals surface area contributed by atoms with Crippen molar-refractivity contribution in [2.75, 3.05) is 10.6 Å². The van der Waals surface area contributed by atoms with Crippen LogP contribution < -0.4 is 10.6 Å². The van der Waals surface area contributed by atoms with Crippen LogP contribution in [0.25, 0.3) is 0 Å². The van der Waals surface area contributed by atoms with Gasteiger partial charge in [0, 0.05) is 18.1 Å². The molecular weight excluding hydrogens is 348 g/mol. The van der Waals surface area contributed by atoms with E-state index in [0.717, 1.165) is 28.1 Å². The standard InChI is InChI=1S/C20H19ClN4O/c1-12-4-6-16(7-5-12)24-19(26)15-10-22-20(23-11-15)25-18-14(3)8-13(2)9-17(18)21/h4-11H,1-3H3,(H,24,26)(H,22,23,25). The van der Waals surface area contributed by atoms with E-state index >= 15 is 0 Å². The number of rotatable bonds is 4. The Morgan fingerprint density at radius 1 is 0.962 bits per heavy atom. The summed E-state index contributed by atoms with van der Waals surface area (Å²) in [5.41, 5.74) is 5.08. The molecule has 0 aliphatic rings. The number of nitrogens with zero attached hydrogens (tertiary/aromatic N) is 2. The van der Waals surface area contributed by atoms with E-state index in [9.17, 15) is 4.79 Å². The Morgan fingerprint density at radius 2 is 1.62 bits per heavy atom. The van der Waals surface area contributed by atoms with Gasteiger partial charge in [0.05, 0.1) is 16.3 Å². The van der Waals surface area contributed by atoms with Crippen molar-refractivity contribution in [3.8, 4) is 0 Å². The molecule has 1 amide bonds. The maximum absolute atomic E-state index is 12.3. The number of amides is 1. The van der Waals surface area contributed by atoms with Gasteiger partial charge in [-0.25, -0.2) is 9.97 Å². The number of hydrogen-bond acceptors (Lipinski definition) is 4. The molecule has 0 radical (unpaired) electrons. The third-order valence-electron chi connectivity index (χ3n) is 3.89. The van der Waals surface area contributed by atoms with Crippen molar-refractivity contribution in [2.24, 2.45) is 0 Å². The molecule has 2 aromatic carbocycles. The first-order chi connectivity index (χ1) is 12.4. The second-order valence-electron chi connectivity index (χ2n) is 6.18. The highest BCUT2D eigenvalue weighted by Crippen LogP contribution is 2.29. The predicted molar refractivity (Wildman–Crippen MR) is 105 cm³/mol. The lowest BCUT2D eigenvalue weighted by Crippen LogP contribution is -2.13. The average molecular weight is 367 g/mol. The molecule has 0 saturated carbocycles. The summed E-state index contributed by atoms with van der Waals surface area (Å²) in [6, 6.07) is 11.5. The zero-order chi connectivity index (χ0) is 18.7. The smallest absolute Gasteiger partial charge is 0.258 e. The molecule has 0 saturated heterocycles. The van der Waals surface area contributed by atoms with Gasteiger partial charge in [0.25, 0.3) is 5.91 Å². The predicted octanol–water partition coefficient (Wildman–Crippen LogP) is 5.05. The van der Waals surface area contributed by atoms with Gasteiger partial charge in [0.15, 0.2) is 0 Å². The van der Waals surface area contributed by atoms with Crippen LogP contribution in [0.5, 0.6) is 0 Å². The maximum atomic E-state index is 12.3. The van der Waals surface area contributed by atoms with Crippen LogP contribution in [-0.2, 0) is 0 Å². The Balaban J connectivity index is 1.72. The zero-order valence-corrected chi connectivity index (χ0v) is 15.6. The Kier molecular flexibility index (Phi) is 5.19. The van der Waals surface area contributed by atoms with E-state index in [0.29, 0.717) is 16.5 Å². The molecule has 0 spiro atoms. The lowest BCUT2D eigenvalue weighted by Gasteiger charge is -2.11. The van der Waals surface area contributed by atoms with Crippen molar-refractivity contribution in [3.63, 3.8) is 0 Å². The Hall–Kier alpha value is -2.92. The molecule has 6 heteroatoms. The fourth-order valence-electron chi connectivity index (χ4n) is 2.54. The van der Waals surface area contributed by atoms with Gasteiger partial charge in [-0.3, -0.25) is 4.79 Å². The monoisotopic (exact) mass is 366 g/mol. The lowest BCUT2D eigenvalue weighted by atomic mass is 10.1. The fraction of sp³-hybridized carbons (Fsp3) is 0.150. The molecule has 0 atom stereocenters. The normalized spacial score (nSPS) is 10.5. The van der Waals surface area contributed by atoms with Gasteiger partial charge in [-0.15, -0.1) is 0 Å². The number of carbonyl (C=O) groups excluding carboxylic acids is 1. The van der Waals surface area contributed by atoms with E-state index in [1.165, 1.54) is 12.4 Å². The van der Waals surface area contributed by atoms with Gasteiger partial charge in [-0.2, -0.15) is 0 Å². The van der Waals surface area contributed by atoms with E-state index in [1.807, 2.05) is 57.2 Å². The Morgan fingerprint density at radius 3 is 2.23 bits per heavy atom. The highest BCUT2D eigenvalue weighted by molar-refractivity contribution is 6.33. The quantitative estimate of drug-likeness (QED) is 0.678. The number of carbonyl (C=O) groups is 1. The Bertz CT molecular complexity index is 914. The van der Waals surface area contributed by atoms with Gasteiger partial charge in [0.2, 0.25) is 5.95 Å². The van der Waals surface area contributed by atoms with Crippen molar-refractivity contribution in [2.45, 2.75) is 20.8 Å². The average Bonchev–Trinajstić information content (AvgIpc) is 2.60. The van der Waals surface area contributed by atoms with Gasteiger partial charge in [-0.05, 0) is 50.1 Å². The van der Waals surface area contributed by atoms with Crippen LogP contribution in [0.15, 0.2) is 48.8 Å². The minimum Gasteiger partial charge on any atom is -0.323 e. The number of benzene rings is 2. The molecule has 3 rings (SSSR count). The molecule has 0 fully saturated rings. The molecule has 0 bridgehead atoms. The molecule has 132 valence electrons. The molecule has 26 heavy (non-hydrogen) atoms. The Labute approximate surface area is 157 Å². The molecule has 5 nitrogen and oxygen atoms in total. The molecule has 1 heterocycles. The van der Waals surface area contributed by atoms with E-state index in [-0.39, 0.29) is 5.91 Å². The molecule has 0 unspecified atom stereocenters. The molecule has 0 aliphatic carbocycles. The van der Waals surface area contributed by atoms with Crippen molar-refractivity contribution < 1.29 is 4.79 Å². The maximum Gasteiger partial charge on any atom is 0.258 e. The lowest BCUT2D eigenvalue weighted by molar-refractivity contribution is 0.102. The summed E-state index contributed by atoms with van der Waals surface area (Å²) in [5, 5.41) is 6.53. The minimum atomic E-state index is -0.259.